The smallest absolute Gasteiger partial charge is 0.236 e. The second kappa shape index (κ2) is 4.90. The zero-order valence-corrected chi connectivity index (χ0v) is 10.5. The molecule has 0 spiro atoms. The van der Waals surface area contributed by atoms with Crippen LogP contribution in [0.3, 0.4) is 0 Å². The van der Waals surface area contributed by atoms with Crippen molar-refractivity contribution in [2.75, 3.05) is 26.2 Å². The lowest BCUT2D eigenvalue weighted by molar-refractivity contribution is -0.131. The molecule has 1 aromatic carbocycles. The van der Waals surface area contributed by atoms with Crippen LogP contribution in [0, 0.1) is 17.5 Å². The Kier molecular flexibility index (Phi) is 3.21. The largest absolute Gasteiger partial charge is 0.335 e. The maximum absolute atomic E-state index is 13.6. The van der Waals surface area contributed by atoms with E-state index in [1.54, 1.807) is 4.90 Å². The third kappa shape index (κ3) is 2.18. The van der Waals surface area contributed by atoms with E-state index in [0.717, 1.165) is 6.07 Å². The summed E-state index contributed by atoms with van der Waals surface area (Å²) in [6, 6.07) is 0.889. The van der Waals surface area contributed by atoms with Gasteiger partial charge in [0, 0.05) is 36.9 Å². The predicted octanol–water partition coefficient (Wildman–Crippen LogP) is 1.16. The molecular formula is C13H12F3N3O. The van der Waals surface area contributed by atoms with Gasteiger partial charge in [-0.1, -0.05) is 0 Å². The minimum atomic E-state index is -1.47. The molecule has 1 N–H and O–H groups in total. The van der Waals surface area contributed by atoms with E-state index in [0.29, 0.717) is 18.8 Å². The molecule has 0 aromatic heterocycles. The van der Waals surface area contributed by atoms with E-state index in [9.17, 15) is 18.0 Å². The minimum Gasteiger partial charge on any atom is -0.335 e. The van der Waals surface area contributed by atoms with E-state index in [4.69, 9.17) is 0 Å². The van der Waals surface area contributed by atoms with Crippen molar-refractivity contribution in [2.24, 2.45) is 4.99 Å². The highest BCUT2D eigenvalue weighted by Crippen LogP contribution is 2.32. The zero-order chi connectivity index (χ0) is 14.3. The number of hydrogen-bond acceptors (Lipinski definition) is 3. The Morgan fingerprint density at radius 1 is 1.30 bits per heavy atom. The highest BCUT2D eigenvalue weighted by atomic mass is 19.2. The second-order valence-electron chi connectivity index (χ2n) is 4.83. The van der Waals surface area contributed by atoms with E-state index in [1.165, 1.54) is 0 Å². The third-order valence-electron chi connectivity index (χ3n) is 3.46. The third-order valence-corrected chi connectivity index (χ3v) is 3.46. The van der Waals surface area contributed by atoms with Crippen LogP contribution in [0.1, 0.15) is 5.56 Å². The number of benzene rings is 1. The highest BCUT2D eigenvalue weighted by molar-refractivity contribution is 5.97. The quantitative estimate of drug-likeness (QED) is 0.828. The van der Waals surface area contributed by atoms with Gasteiger partial charge in [-0.25, -0.2) is 13.2 Å². The number of hydrogen-bond donors (Lipinski definition) is 1. The standard InChI is InChI=1S/C13H12F3N3O/c14-9-4-10-8(12(15)13(9)16)3-7(18-10)6-19-2-1-17-5-11(19)20/h4,17H,1-3,5-6H2. The summed E-state index contributed by atoms with van der Waals surface area (Å²) in [6.45, 7) is 1.75. The van der Waals surface area contributed by atoms with Crippen LogP contribution >= 0.6 is 0 Å². The number of carbonyl (C=O) groups is 1. The van der Waals surface area contributed by atoms with Gasteiger partial charge in [0.25, 0.3) is 0 Å². The van der Waals surface area contributed by atoms with Gasteiger partial charge in [0.1, 0.15) is 0 Å². The van der Waals surface area contributed by atoms with Crippen LogP contribution < -0.4 is 5.32 Å². The molecule has 0 radical (unpaired) electrons. The molecule has 0 unspecified atom stereocenters. The minimum absolute atomic E-state index is 0.0569. The molecule has 1 fully saturated rings. The van der Waals surface area contributed by atoms with Crippen LogP contribution in [0.2, 0.25) is 0 Å². The molecule has 2 heterocycles. The Balaban J connectivity index is 1.80. The Labute approximate surface area is 113 Å². The lowest BCUT2D eigenvalue weighted by atomic mass is 10.1. The number of rotatable bonds is 2. The molecule has 3 rings (SSSR count). The fourth-order valence-electron chi connectivity index (χ4n) is 2.43. The number of carbonyl (C=O) groups excluding carboxylic acids is 1. The maximum atomic E-state index is 13.6. The number of piperazine rings is 1. The van der Waals surface area contributed by atoms with E-state index in [-0.39, 0.29) is 36.7 Å². The molecule has 4 nitrogen and oxygen atoms in total. The van der Waals surface area contributed by atoms with Crippen molar-refractivity contribution in [3.63, 3.8) is 0 Å². The number of fused-ring (bicyclic) bond motifs is 1. The van der Waals surface area contributed by atoms with E-state index < -0.39 is 17.5 Å². The fourth-order valence-corrected chi connectivity index (χ4v) is 2.43. The topological polar surface area (TPSA) is 44.7 Å². The molecule has 2 aliphatic rings. The molecule has 0 bridgehead atoms. The lowest BCUT2D eigenvalue weighted by Crippen LogP contribution is -2.49. The molecule has 106 valence electrons. The van der Waals surface area contributed by atoms with Crippen LogP contribution in [0.5, 0.6) is 0 Å². The number of aliphatic imine (C=N–C) groups is 1. The Morgan fingerprint density at radius 3 is 2.85 bits per heavy atom. The molecule has 20 heavy (non-hydrogen) atoms. The molecule has 0 saturated carbocycles. The van der Waals surface area contributed by atoms with Crippen molar-refractivity contribution in [2.45, 2.75) is 6.42 Å². The summed E-state index contributed by atoms with van der Waals surface area (Å²) in [4.78, 5) is 17.3. The van der Waals surface area contributed by atoms with Crippen LogP contribution in [-0.4, -0.2) is 42.7 Å². The SMILES string of the molecule is O=C1CNCCN1CC1=Nc2cc(F)c(F)c(F)c2C1. The Bertz CT molecular complexity index is 615. The van der Waals surface area contributed by atoms with Crippen molar-refractivity contribution in [1.82, 2.24) is 10.2 Å². The summed E-state index contributed by atoms with van der Waals surface area (Å²) in [5.74, 6) is -3.97. The van der Waals surface area contributed by atoms with E-state index in [1.807, 2.05) is 0 Å². The van der Waals surface area contributed by atoms with E-state index in [2.05, 4.69) is 10.3 Å². The Hall–Kier alpha value is -1.89. The predicted molar refractivity (Wildman–Crippen MR) is 66.6 cm³/mol. The second-order valence-corrected chi connectivity index (χ2v) is 4.83. The van der Waals surface area contributed by atoms with Gasteiger partial charge in [0.2, 0.25) is 5.91 Å². The molecular weight excluding hydrogens is 271 g/mol. The number of nitrogens with one attached hydrogen (secondary N) is 1. The first kappa shape index (κ1) is 13.1. The molecule has 0 atom stereocenters. The highest BCUT2D eigenvalue weighted by Gasteiger charge is 2.27. The normalized spacial score (nSPS) is 18.2. The number of halogens is 3. The maximum Gasteiger partial charge on any atom is 0.236 e. The van der Waals surface area contributed by atoms with Crippen molar-refractivity contribution < 1.29 is 18.0 Å². The molecule has 1 amide bonds. The van der Waals surface area contributed by atoms with Gasteiger partial charge in [0.15, 0.2) is 17.5 Å². The van der Waals surface area contributed by atoms with E-state index >= 15 is 0 Å². The molecule has 1 saturated heterocycles. The first-order chi connectivity index (χ1) is 9.56. The number of amides is 1. The van der Waals surface area contributed by atoms with Crippen LogP contribution in [0.25, 0.3) is 0 Å². The van der Waals surface area contributed by atoms with Gasteiger partial charge < -0.3 is 10.2 Å². The van der Waals surface area contributed by atoms with Crippen molar-refractivity contribution in [3.8, 4) is 0 Å². The number of nitrogens with zero attached hydrogens (tertiary/aromatic N) is 2. The Morgan fingerprint density at radius 2 is 2.10 bits per heavy atom. The summed E-state index contributed by atoms with van der Waals surface area (Å²) >= 11 is 0. The van der Waals surface area contributed by atoms with Gasteiger partial charge >= 0.3 is 0 Å². The van der Waals surface area contributed by atoms with Crippen LogP contribution in [0.15, 0.2) is 11.1 Å². The summed E-state index contributed by atoms with van der Waals surface area (Å²) in [6.07, 6.45) is 0.107. The van der Waals surface area contributed by atoms with Crippen molar-refractivity contribution in [1.29, 1.82) is 0 Å². The van der Waals surface area contributed by atoms with Crippen LogP contribution in [0.4, 0.5) is 18.9 Å². The summed E-state index contributed by atoms with van der Waals surface area (Å²) < 4.78 is 39.9. The monoisotopic (exact) mass is 283 g/mol. The molecule has 7 heteroatoms. The van der Waals surface area contributed by atoms with Gasteiger partial charge in [-0.05, 0) is 0 Å². The van der Waals surface area contributed by atoms with Gasteiger partial charge in [-0.15, -0.1) is 0 Å². The van der Waals surface area contributed by atoms with Gasteiger partial charge in [-0.3, -0.25) is 9.79 Å². The molecule has 1 aromatic rings. The lowest BCUT2D eigenvalue weighted by Gasteiger charge is -2.27. The fraction of sp³-hybridized carbons (Fsp3) is 0.385. The summed E-state index contributed by atoms with van der Waals surface area (Å²) in [7, 11) is 0. The van der Waals surface area contributed by atoms with Crippen molar-refractivity contribution in [3.05, 3.63) is 29.1 Å². The average Bonchev–Trinajstić information content (AvgIpc) is 2.82. The molecule has 2 aliphatic heterocycles. The first-order valence-electron chi connectivity index (χ1n) is 6.27. The summed E-state index contributed by atoms with van der Waals surface area (Å²) in [5, 5.41) is 2.94. The molecule has 0 aliphatic carbocycles. The first-order valence-corrected chi connectivity index (χ1v) is 6.27. The van der Waals surface area contributed by atoms with Crippen molar-refractivity contribution >= 4 is 17.3 Å². The zero-order valence-electron chi connectivity index (χ0n) is 10.5. The average molecular weight is 283 g/mol. The van der Waals surface area contributed by atoms with Crippen LogP contribution in [-0.2, 0) is 11.2 Å². The summed E-state index contributed by atoms with van der Waals surface area (Å²) in [5.41, 5.74) is 0.708. The van der Waals surface area contributed by atoms with Gasteiger partial charge in [0.05, 0.1) is 18.8 Å². The van der Waals surface area contributed by atoms with Gasteiger partial charge in [-0.2, -0.15) is 0 Å².